The minimum absolute atomic E-state index is 0.420. The zero-order chi connectivity index (χ0) is 15.5. The third-order valence-electron chi connectivity index (χ3n) is 3.61. The Morgan fingerprint density at radius 2 is 1.76 bits per heavy atom. The average Bonchev–Trinajstić information content (AvgIpc) is 2.42. The highest BCUT2D eigenvalue weighted by Gasteiger charge is 2.32. The lowest BCUT2D eigenvalue weighted by atomic mass is 10.1. The molecule has 0 bridgehead atoms. The maximum atomic E-state index is 12.3. The van der Waals surface area contributed by atoms with Crippen LogP contribution in [-0.2, 0) is 6.54 Å². The van der Waals surface area contributed by atoms with Crippen LogP contribution in [-0.4, -0.2) is 55.8 Å². The average molecular weight is 303 g/mol. The smallest absolute Gasteiger partial charge is 0.401 e. The number of nitrogens with zero attached hydrogens (tertiary/aromatic N) is 2. The molecule has 21 heavy (non-hydrogen) atoms. The highest BCUT2D eigenvalue weighted by molar-refractivity contribution is 5.50. The number of nitrogen functional groups attached to an aromatic ring is 1. The number of anilines is 1. The summed E-state index contributed by atoms with van der Waals surface area (Å²) in [5.41, 5.74) is 7.55. The SMILES string of the molecule is COc1ccc(N)c(CN2CCN(CC(F)(F)F)CC2)c1. The first-order chi connectivity index (χ1) is 9.87. The van der Waals surface area contributed by atoms with Gasteiger partial charge in [0, 0.05) is 38.4 Å². The van der Waals surface area contributed by atoms with Gasteiger partial charge < -0.3 is 10.5 Å². The van der Waals surface area contributed by atoms with Crippen molar-refractivity contribution >= 4 is 5.69 Å². The van der Waals surface area contributed by atoms with Crippen LogP contribution >= 0.6 is 0 Å². The molecule has 0 radical (unpaired) electrons. The van der Waals surface area contributed by atoms with Crippen LogP contribution in [0.2, 0.25) is 0 Å². The van der Waals surface area contributed by atoms with Crippen molar-refractivity contribution in [3.8, 4) is 5.75 Å². The first-order valence-corrected chi connectivity index (χ1v) is 6.81. The van der Waals surface area contributed by atoms with Crippen LogP contribution in [0.3, 0.4) is 0 Å². The molecule has 1 aromatic rings. The van der Waals surface area contributed by atoms with Gasteiger partial charge in [0.05, 0.1) is 13.7 Å². The summed E-state index contributed by atoms with van der Waals surface area (Å²) in [5.74, 6) is 0.731. The number of nitrogens with two attached hydrogens (primary N) is 1. The summed E-state index contributed by atoms with van der Waals surface area (Å²) >= 11 is 0. The van der Waals surface area contributed by atoms with Crippen molar-refractivity contribution in [3.05, 3.63) is 23.8 Å². The van der Waals surface area contributed by atoms with Gasteiger partial charge in [0.2, 0.25) is 0 Å². The fraction of sp³-hybridized carbons (Fsp3) is 0.571. The van der Waals surface area contributed by atoms with Crippen LogP contribution < -0.4 is 10.5 Å². The van der Waals surface area contributed by atoms with Gasteiger partial charge in [-0.1, -0.05) is 0 Å². The molecule has 0 spiro atoms. The molecule has 0 unspecified atom stereocenters. The summed E-state index contributed by atoms with van der Waals surface area (Å²) in [7, 11) is 1.59. The Morgan fingerprint density at radius 1 is 1.14 bits per heavy atom. The molecule has 118 valence electrons. The second-order valence-electron chi connectivity index (χ2n) is 5.23. The molecule has 0 aromatic heterocycles. The van der Waals surface area contributed by atoms with E-state index < -0.39 is 12.7 Å². The summed E-state index contributed by atoms with van der Waals surface area (Å²) in [5, 5.41) is 0. The van der Waals surface area contributed by atoms with Crippen LogP contribution in [0, 0.1) is 0 Å². The van der Waals surface area contributed by atoms with Crippen LogP contribution in [0.1, 0.15) is 5.56 Å². The first kappa shape index (κ1) is 15.9. The van der Waals surface area contributed by atoms with Crippen molar-refractivity contribution < 1.29 is 17.9 Å². The summed E-state index contributed by atoms with van der Waals surface area (Å²) < 4.78 is 42.2. The Hall–Kier alpha value is -1.47. The standard InChI is InChI=1S/C14H20F3N3O/c1-21-12-2-3-13(18)11(8-12)9-19-4-6-20(7-5-19)10-14(15,16)17/h2-3,8H,4-7,9-10,18H2,1H3. The van der Waals surface area contributed by atoms with E-state index in [9.17, 15) is 13.2 Å². The fourth-order valence-electron chi connectivity index (χ4n) is 2.45. The Bertz CT molecular complexity index is 471. The lowest BCUT2D eigenvalue weighted by Gasteiger charge is -2.35. The highest BCUT2D eigenvalue weighted by Crippen LogP contribution is 2.22. The van der Waals surface area contributed by atoms with E-state index in [1.165, 1.54) is 4.90 Å². The molecule has 1 aliphatic rings. The number of alkyl halides is 3. The Labute approximate surface area is 122 Å². The summed E-state index contributed by atoms with van der Waals surface area (Å²) in [6, 6.07) is 5.45. The van der Waals surface area contributed by atoms with Crippen LogP contribution in [0.4, 0.5) is 18.9 Å². The number of rotatable bonds is 4. The fourth-order valence-corrected chi connectivity index (χ4v) is 2.45. The van der Waals surface area contributed by atoms with E-state index in [1.807, 2.05) is 6.07 Å². The van der Waals surface area contributed by atoms with Gasteiger partial charge in [0.15, 0.2) is 0 Å². The summed E-state index contributed by atoms with van der Waals surface area (Å²) in [6.07, 6.45) is -4.13. The number of hydrogen-bond acceptors (Lipinski definition) is 4. The quantitative estimate of drug-likeness (QED) is 0.864. The second kappa shape index (κ2) is 6.53. The van der Waals surface area contributed by atoms with Crippen molar-refractivity contribution in [2.24, 2.45) is 0 Å². The molecule has 0 amide bonds. The van der Waals surface area contributed by atoms with E-state index in [-0.39, 0.29) is 0 Å². The van der Waals surface area contributed by atoms with Crippen LogP contribution in [0.5, 0.6) is 5.75 Å². The lowest BCUT2D eigenvalue weighted by molar-refractivity contribution is -0.149. The minimum atomic E-state index is -4.13. The molecule has 1 saturated heterocycles. The van der Waals surface area contributed by atoms with Gasteiger partial charge in [-0.05, 0) is 23.8 Å². The monoisotopic (exact) mass is 303 g/mol. The third-order valence-corrected chi connectivity index (χ3v) is 3.61. The van der Waals surface area contributed by atoms with Gasteiger partial charge in [0.25, 0.3) is 0 Å². The second-order valence-corrected chi connectivity index (χ2v) is 5.23. The van der Waals surface area contributed by atoms with Gasteiger partial charge in [-0.3, -0.25) is 9.80 Å². The molecule has 7 heteroatoms. The zero-order valence-electron chi connectivity index (χ0n) is 12.0. The first-order valence-electron chi connectivity index (χ1n) is 6.81. The molecule has 1 aliphatic heterocycles. The number of benzene rings is 1. The van der Waals surface area contributed by atoms with Gasteiger partial charge in [0.1, 0.15) is 5.75 Å². The van der Waals surface area contributed by atoms with Crippen molar-refractivity contribution in [1.29, 1.82) is 0 Å². The third kappa shape index (κ3) is 4.78. The summed E-state index contributed by atoms with van der Waals surface area (Å²) in [6.45, 7) is 1.84. The van der Waals surface area contributed by atoms with Crippen LogP contribution in [0.15, 0.2) is 18.2 Å². The van der Waals surface area contributed by atoms with E-state index in [0.717, 1.165) is 11.3 Å². The van der Waals surface area contributed by atoms with Crippen LogP contribution in [0.25, 0.3) is 0 Å². The summed E-state index contributed by atoms with van der Waals surface area (Å²) in [4.78, 5) is 3.55. The van der Waals surface area contributed by atoms with E-state index in [2.05, 4.69) is 4.90 Å². The molecular weight excluding hydrogens is 283 g/mol. The molecule has 0 aliphatic carbocycles. The van der Waals surface area contributed by atoms with Crippen molar-refractivity contribution in [1.82, 2.24) is 9.80 Å². The molecule has 2 N–H and O–H groups in total. The molecule has 4 nitrogen and oxygen atoms in total. The number of methoxy groups -OCH3 is 1. The predicted octanol–water partition coefficient (Wildman–Crippen LogP) is 1.96. The molecular formula is C14H20F3N3O. The maximum Gasteiger partial charge on any atom is 0.401 e. The largest absolute Gasteiger partial charge is 0.497 e. The Morgan fingerprint density at radius 3 is 2.33 bits per heavy atom. The van der Waals surface area contributed by atoms with Crippen molar-refractivity contribution in [2.75, 3.05) is 45.6 Å². The van der Waals surface area contributed by atoms with E-state index in [4.69, 9.17) is 10.5 Å². The normalized spacial score (nSPS) is 17.9. The van der Waals surface area contributed by atoms with Gasteiger partial charge >= 0.3 is 6.18 Å². The highest BCUT2D eigenvalue weighted by atomic mass is 19.4. The lowest BCUT2D eigenvalue weighted by Crippen LogP contribution is -2.48. The molecule has 1 fully saturated rings. The number of halogens is 3. The van der Waals surface area contributed by atoms with Gasteiger partial charge in [-0.2, -0.15) is 13.2 Å². The molecule has 2 rings (SSSR count). The van der Waals surface area contributed by atoms with E-state index in [1.54, 1.807) is 19.2 Å². The van der Waals surface area contributed by atoms with E-state index in [0.29, 0.717) is 38.4 Å². The molecule has 0 saturated carbocycles. The Balaban J connectivity index is 1.89. The number of piperazine rings is 1. The topological polar surface area (TPSA) is 41.7 Å². The van der Waals surface area contributed by atoms with Gasteiger partial charge in [-0.25, -0.2) is 0 Å². The predicted molar refractivity (Wildman–Crippen MR) is 75.2 cm³/mol. The molecule has 1 aromatic carbocycles. The Kier molecular flexibility index (Phi) is 4.95. The number of hydrogen-bond donors (Lipinski definition) is 1. The number of ether oxygens (including phenoxy) is 1. The van der Waals surface area contributed by atoms with Gasteiger partial charge in [-0.15, -0.1) is 0 Å². The maximum absolute atomic E-state index is 12.3. The minimum Gasteiger partial charge on any atom is -0.497 e. The van der Waals surface area contributed by atoms with Crippen molar-refractivity contribution in [3.63, 3.8) is 0 Å². The molecule has 0 atom stereocenters. The zero-order valence-corrected chi connectivity index (χ0v) is 12.0. The van der Waals surface area contributed by atoms with Crippen molar-refractivity contribution in [2.45, 2.75) is 12.7 Å². The van der Waals surface area contributed by atoms with E-state index >= 15 is 0 Å². The molecule has 1 heterocycles.